The summed E-state index contributed by atoms with van der Waals surface area (Å²) >= 11 is 0. The van der Waals surface area contributed by atoms with Gasteiger partial charge in [0, 0.05) is 31.2 Å². The van der Waals surface area contributed by atoms with E-state index in [4.69, 9.17) is 9.84 Å². The number of hydrogen-bond acceptors (Lipinski definition) is 4. The van der Waals surface area contributed by atoms with Crippen LogP contribution in [0.2, 0.25) is 0 Å². The molecule has 2 heterocycles. The zero-order valence-electron chi connectivity index (χ0n) is 20.5. The molecule has 2 amide bonds. The van der Waals surface area contributed by atoms with Crippen LogP contribution in [0.5, 0.6) is 5.75 Å². The quantitative estimate of drug-likeness (QED) is 0.622. The third-order valence-corrected chi connectivity index (χ3v) is 7.13. The van der Waals surface area contributed by atoms with E-state index in [9.17, 15) is 14.4 Å². The van der Waals surface area contributed by atoms with Crippen LogP contribution in [0.15, 0.2) is 54.6 Å². The summed E-state index contributed by atoms with van der Waals surface area (Å²) in [7, 11) is 0. The first-order valence-corrected chi connectivity index (χ1v) is 12.4. The first-order chi connectivity index (χ1) is 16.8. The Morgan fingerprint density at radius 2 is 1.71 bits per heavy atom. The minimum atomic E-state index is -1.05. The van der Waals surface area contributed by atoms with E-state index in [2.05, 4.69) is 30.9 Å². The number of carboxylic acids is 1. The highest BCUT2D eigenvalue weighted by Crippen LogP contribution is 2.45. The molecule has 2 aromatic carbocycles. The maximum atomic E-state index is 13.7. The van der Waals surface area contributed by atoms with Crippen molar-refractivity contribution in [3.8, 4) is 5.75 Å². The molecule has 0 aromatic heterocycles. The third kappa shape index (κ3) is 5.66. The van der Waals surface area contributed by atoms with Crippen molar-refractivity contribution < 1.29 is 24.2 Å². The Balaban J connectivity index is 1.41. The molecular formula is C28H34N2O5. The summed E-state index contributed by atoms with van der Waals surface area (Å²) in [6.45, 7) is 5.74. The van der Waals surface area contributed by atoms with E-state index in [1.54, 1.807) is 24.3 Å². The highest BCUT2D eigenvalue weighted by atomic mass is 16.5. The Hall–Kier alpha value is -3.35. The van der Waals surface area contributed by atoms with E-state index >= 15 is 0 Å². The minimum absolute atomic E-state index is 0.0741. The number of rotatable bonds is 8. The number of likely N-dealkylation sites (tertiary alicyclic amines) is 2. The van der Waals surface area contributed by atoms with Crippen LogP contribution in [-0.2, 0) is 16.0 Å². The standard InChI is InChI=1S/C28H34N2O5/c1-20(2)18-30-23(16-21-6-4-3-5-7-21)17-28(27(30)34)12-14-29(15-13-28)26(33)22-8-10-24(11-9-22)35-19-25(31)32/h3-11,20,23H,12-19H2,1-2H3,(H,31,32). The third-order valence-electron chi connectivity index (χ3n) is 7.13. The molecule has 2 aliphatic heterocycles. The van der Waals surface area contributed by atoms with Crippen LogP contribution < -0.4 is 4.74 Å². The highest BCUT2D eigenvalue weighted by Gasteiger charge is 2.52. The molecule has 35 heavy (non-hydrogen) atoms. The largest absolute Gasteiger partial charge is 0.482 e. The molecule has 2 aliphatic rings. The Kier molecular flexibility index (Phi) is 7.43. The van der Waals surface area contributed by atoms with Gasteiger partial charge in [-0.3, -0.25) is 9.59 Å². The van der Waals surface area contributed by atoms with Gasteiger partial charge < -0.3 is 19.6 Å². The number of hydrogen-bond donors (Lipinski definition) is 1. The van der Waals surface area contributed by atoms with E-state index < -0.39 is 12.6 Å². The monoisotopic (exact) mass is 478 g/mol. The van der Waals surface area contributed by atoms with Gasteiger partial charge in [0.15, 0.2) is 6.61 Å². The SMILES string of the molecule is CC(C)CN1C(=O)C2(CCN(C(=O)c3ccc(OCC(=O)O)cc3)CC2)CC1Cc1ccccc1. The lowest BCUT2D eigenvalue weighted by molar-refractivity contribution is -0.140. The molecule has 2 saturated heterocycles. The maximum absolute atomic E-state index is 13.7. The molecule has 1 unspecified atom stereocenters. The molecule has 186 valence electrons. The van der Waals surface area contributed by atoms with E-state index in [1.807, 2.05) is 23.1 Å². The number of carbonyl (C=O) groups excluding carboxylic acids is 2. The van der Waals surface area contributed by atoms with Crippen molar-refractivity contribution in [2.45, 2.75) is 45.6 Å². The summed E-state index contributed by atoms with van der Waals surface area (Å²) in [6, 6.07) is 17.1. The Labute approximate surface area is 206 Å². The second kappa shape index (κ2) is 10.5. The van der Waals surface area contributed by atoms with E-state index in [0.29, 0.717) is 43.2 Å². The average Bonchev–Trinajstić information content (AvgIpc) is 3.08. The summed E-state index contributed by atoms with van der Waals surface area (Å²) < 4.78 is 5.15. The van der Waals surface area contributed by atoms with Gasteiger partial charge in [0.1, 0.15) is 5.75 Å². The highest BCUT2D eigenvalue weighted by molar-refractivity contribution is 5.94. The lowest BCUT2D eigenvalue weighted by Gasteiger charge is -2.38. The Bertz CT molecular complexity index is 1040. The molecule has 1 N–H and O–H groups in total. The van der Waals surface area contributed by atoms with Gasteiger partial charge in [0.05, 0.1) is 5.41 Å². The fourth-order valence-corrected chi connectivity index (χ4v) is 5.39. The van der Waals surface area contributed by atoms with E-state index in [0.717, 1.165) is 19.4 Å². The molecule has 0 saturated carbocycles. The van der Waals surface area contributed by atoms with Crippen molar-refractivity contribution in [2.75, 3.05) is 26.2 Å². The summed E-state index contributed by atoms with van der Waals surface area (Å²) in [4.78, 5) is 41.3. The predicted octanol–water partition coefficient (Wildman–Crippen LogP) is 3.87. The van der Waals surface area contributed by atoms with Crippen molar-refractivity contribution in [3.63, 3.8) is 0 Å². The molecule has 0 aliphatic carbocycles. The first kappa shape index (κ1) is 24.8. The summed E-state index contributed by atoms with van der Waals surface area (Å²) in [6.07, 6.45) is 3.06. The van der Waals surface area contributed by atoms with Crippen LogP contribution in [0, 0.1) is 11.3 Å². The Morgan fingerprint density at radius 3 is 2.31 bits per heavy atom. The van der Waals surface area contributed by atoms with Crippen molar-refractivity contribution in [1.29, 1.82) is 0 Å². The molecule has 4 rings (SSSR count). The van der Waals surface area contributed by atoms with Crippen LogP contribution >= 0.6 is 0 Å². The number of carbonyl (C=O) groups is 3. The van der Waals surface area contributed by atoms with Crippen LogP contribution in [0.4, 0.5) is 0 Å². The zero-order valence-corrected chi connectivity index (χ0v) is 20.5. The minimum Gasteiger partial charge on any atom is -0.482 e. The number of carboxylic acid groups (broad SMARTS) is 1. The fraction of sp³-hybridized carbons (Fsp3) is 0.464. The molecule has 2 fully saturated rings. The van der Waals surface area contributed by atoms with Gasteiger partial charge in [0.25, 0.3) is 5.91 Å². The van der Waals surface area contributed by atoms with Crippen molar-refractivity contribution >= 4 is 17.8 Å². The summed E-state index contributed by atoms with van der Waals surface area (Å²) in [5.74, 6) is -0.0646. The molecule has 0 radical (unpaired) electrons. The van der Waals surface area contributed by atoms with Crippen LogP contribution in [0.1, 0.15) is 49.0 Å². The van der Waals surface area contributed by atoms with Crippen LogP contribution in [0.25, 0.3) is 0 Å². The second-order valence-electron chi connectivity index (χ2n) is 10.2. The van der Waals surface area contributed by atoms with Crippen molar-refractivity contribution in [3.05, 3.63) is 65.7 Å². The molecule has 1 atom stereocenters. The van der Waals surface area contributed by atoms with Gasteiger partial charge in [-0.05, 0) is 61.4 Å². The maximum Gasteiger partial charge on any atom is 0.341 e. The average molecular weight is 479 g/mol. The lowest BCUT2D eigenvalue weighted by Crippen LogP contribution is -2.47. The topological polar surface area (TPSA) is 87.2 Å². The summed E-state index contributed by atoms with van der Waals surface area (Å²) in [5, 5.41) is 8.73. The van der Waals surface area contributed by atoms with Crippen LogP contribution in [-0.4, -0.2) is 65.0 Å². The molecular weight excluding hydrogens is 444 g/mol. The number of ether oxygens (including phenoxy) is 1. The first-order valence-electron chi connectivity index (χ1n) is 12.4. The molecule has 0 bridgehead atoms. The number of nitrogens with zero attached hydrogens (tertiary/aromatic N) is 2. The van der Waals surface area contributed by atoms with Gasteiger partial charge in [-0.15, -0.1) is 0 Å². The lowest BCUT2D eigenvalue weighted by atomic mass is 9.75. The van der Waals surface area contributed by atoms with E-state index in [-0.39, 0.29) is 23.3 Å². The van der Waals surface area contributed by atoms with Gasteiger partial charge in [-0.1, -0.05) is 44.2 Å². The molecule has 2 aromatic rings. The van der Waals surface area contributed by atoms with Crippen LogP contribution in [0.3, 0.4) is 0 Å². The second-order valence-corrected chi connectivity index (χ2v) is 10.2. The van der Waals surface area contributed by atoms with Crippen molar-refractivity contribution in [2.24, 2.45) is 11.3 Å². The molecule has 7 heteroatoms. The van der Waals surface area contributed by atoms with Gasteiger partial charge in [-0.25, -0.2) is 4.79 Å². The zero-order chi connectivity index (χ0) is 25.0. The number of piperidine rings is 1. The number of aliphatic carboxylic acids is 1. The molecule has 1 spiro atoms. The van der Waals surface area contributed by atoms with Gasteiger partial charge >= 0.3 is 5.97 Å². The van der Waals surface area contributed by atoms with Crippen molar-refractivity contribution in [1.82, 2.24) is 9.80 Å². The number of amides is 2. The fourth-order valence-electron chi connectivity index (χ4n) is 5.39. The summed E-state index contributed by atoms with van der Waals surface area (Å²) in [5.41, 5.74) is 1.39. The van der Waals surface area contributed by atoms with Gasteiger partial charge in [0.2, 0.25) is 5.91 Å². The molecule has 7 nitrogen and oxygen atoms in total. The number of benzene rings is 2. The van der Waals surface area contributed by atoms with E-state index in [1.165, 1.54) is 5.56 Å². The normalized spacial score (nSPS) is 19.4. The smallest absolute Gasteiger partial charge is 0.341 e. The predicted molar refractivity (Wildman–Crippen MR) is 132 cm³/mol. The van der Waals surface area contributed by atoms with Gasteiger partial charge in [-0.2, -0.15) is 0 Å². The Morgan fingerprint density at radius 1 is 1.06 bits per heavy atom.